The van der Waals surface area contributed by atoms with Crippen molar-refractivity contribution in [3.05, 3.63) is 34.1 Å². The number of carbonyl (C=O) groups excluding carboxylic acids is 1. The first kappa shape index (κ1) is 13.5. The fourth-order valence-electron chi connectivity index (χ4n) is 2.39. The summed E-state index contributed by atoms with van der Waals surface area (Å²) in [5, 5.41) is 3.23. The number of rotatable bonds is 4. The van der Waals surface area contributed by atoms with Crippen molar-refractivity contribution < 1.29 is 9.18 Å². The lowest BCUT2D eigenvalue weighted by Crippen LogP contribution is -2.39. The topological polar surface area (TPSA) is 55.1 Å². The minimum Gasteiger partial charge on any atom is -0.368 e. The molecule has 1 fully saturated rings. The SMILES string of the molecule is NC(=O)C(NC1CCCC1)c1cc(F)ccc1Br. The predicted molar refractivity (Wildman–Crippen MR) is 71.4 cm³/mol. The summed E-state index contributed by atoms with van der Waals surface area (Å²) < 4.78 is 14.0. The molecule has 98 valence electrons. The van der Waals surface area contributed by atoms with Gasteiger partial charge in [-0.15, -0.1) is 0 Å². The second-order valence-electron chi connectivity index (χ2n) is 4.65. The van der Waals surface area contributed by atoms with Crippen LogP contribution in [-0.2, 0) is 4.79 Å². The highest BCUT2D eigenvalue weighted by molar-refractivity contribution is 9.10. The van der Waals surface area contributed by atoms with Gasteiger partial charge in [0.2, 0.25) is 5.91 Å². The van der Waals surface area contributed by atoms with E-state index in [2.05, 4.69) is 21.2 Å². The minimum atomic E-state index is -0.641. The molecule has 1 aromatic carbocycles. The van der Waals surface area contributed by atoms with Gasteiger partial charge in [0, 0.05) is 10.5 Å². The maximum absolute atomic E-state index is 13.3. The molecule has 1 amide bonds. The van der Waals surface area contributed by atoms with Crippen LogP contribution in [0.15, 0.2) is 22.7 Å². The van der Waals surface area contributed by atoms with Gasteiger partial charge in [0.05, 0.1) is 0 Å². The first-order valence-corrected chi connectivity index (χ1v) is 6.87. The summed E-state index contributed by atoms with van der Waals surface area (Å²) in [6, 6.07) is 3.94. The van der Waals surface area contributed by atoms with Crippen LogP contribution in [0.25, 0.3) is 0 Å². The number of hydrogen-bond acceptors (Lipinski definition) is 2. The van der Waals surface area contributed by atoms with Gasteiger partial charge >= 0.3 is 0 Å². The van der Waals surface area contributed by atoms with Crippen LogP contribution >= 0.6 is 15.9 Å². The molecule has 18 heavy (non-hydrogen) atoms. The molecule has 3 N–H and O–H groups in total. The van der Waals surface area contributed by atoms with Gasteiger partial charge in [0.1, 0.15) is 11.9 Å². The highest BCUT2D eigenvalue weighted by Gasteiger charge is 2.25. The van der Waals surface area contributed by atoms with Crippen LogP contribution in [0.3, 0.4) is 0 Å². The van der Waals surface area contributed by atoms with E-state index in [1.807, 2.05) is 0 Å². The second-order valence-corrected chi connectivity index (χ2v) is 5.50. The number of nitrogens with two attached hydrogens (primary N) is 1. The van der Waals surface area contributed by atoms with Gasteiger partial charge in [-0.1, -0.05) is 28.8 Å². The molecule has 0 saturated heterocycles. The molecule has 0 radical (unpaired) electrons. The van der Waals surface area contributed by atoms with E-state index in [4.69, 9.17) is 5.73 Å². The van der Waals surface area contributed by atoms with Crippen LogP contribution in [0.2, 0.25) is 0 Å². The second kappa shape index (κ2) is 5.80. The molecule has 1 aliphatic carbocycles. The molecule has 1 aliphatic rings. The monoisotopic (exact) mass is 314 g/mol. The van der Waals surface area contributed by atoms with Crippen LogP contribution in [0.1, 0.15) is 37.3 Å². The third kappa shape index (κ3) is 3.09. The fraction of sp³-hybridized carbons (Fsp3) is 0.462. The summed E-state index contributed by atoms with van der Waals surface area (Å²) in [5.41, 5.74) is 5.99. The highest BCUT2D eigenvalue weighted by atomic mass is 79.9. The zero-order chi connectivity index (χ0) is 13.1. The Morgan fingerprint density at radius 1 is 1.44 bits per heavy atom. The van der Waals surface area contributed by atoms with Crippen molar-refractivity contribution in [2.45, 2.75) is 37.8 Å². The third-order valence-corrected chi connectivity index (χ3v) is 4.03. The van der Waals surface area contributed by atoms with Crippen LogP contribution in [-0.4, -0.2) is 11.9 Å². The highest BCUT2D eigenvalue weighted by Crippen LogP contribution is 2.27. The maximum atomic E-state index is 13.3. The van der Waals surface area contributed by atoms with Gasteiger partial charge in [-0.3, -0.25) is 10.1 Å². The average molecular weight is 315 g/mol. The van der Waals surface area contributed by atoms with Crippen LogP contribution < -0.4 is 11.1 Å². The summed E-state index contributed by atoms with van der Waals surface area (Å²) in [5.74, 6) is -0.846. The quantitative estimate of drug-likeness (QED) is 0.897. The van der Waals surface area contributed by atoms with Crippen LogP contribution in [0, 0.1) is 5.82 Å². The molecule has 5 heteroatoms. The summed E-state index contributed by atoms with van der Waals surface area (Å²) in [6.45, 7) is 0. The molecule has 0 heterocycles. The van der Waals surface area contributed by atoms with Gasteiger partial charge in [-0.2, -0.15) is 0 Å². The van der Waals surface area contributed by atoms with E-state index in [1.165, 1.54) is 12.1 Å². The summed E-state index contributed by atoms with van der Waals surface area (Å²) >= 11 is 3.33. The van der Waals surface area contributed by atoms with E-state index in [0.717, 1.165) is 25.7 Å². The van der Waals surface area contributed by atoms with E-state index in [-0.39, 0.29) is 11.9 Å². The summed E-state index contributed by atoms with van der Waals surface area (Å²) in [4.78, 5) is 11.6. The Labute approximate surface area is 114 Å². The van der Waals surface area contributed by atoms with Crippen molar-refractivity contribution in [1.82, 2.24) is 5.32 Å². The van der Waals surface area contributed by atoms with Gasteiger partial charge in [0.15, 0.2) is 0 Å². The zero-order valence-corrected chi connectivity index (χ0v) is 11.5. The Kier molecular flexibility index (Phi) is 4.35. The number of nitrogens with one attached hydrogen (secondary N) is 1. The molecule has 1 saturated carbocycles. The molecule has 0 aliphatic heterocycles. The number of benzene rings is 1. The van der Waals surface area contributed by atoms with Crippen molar-refractivity contribution in [3.8, 4) is 0 Å². The molecule has 1 atom stereocenters. The molecule has 3 nitrogen and oxygen atoms in total. The van der Waals surface area contributed by atoms with E-state index in [0.29, 0.717) is 10.0 Å². The molecular weight excluding hydrogens is 299 g/mol. The molecule has 0 spiro atoms. The van der Waals surface area contributed by atoms with Gasteiger partial charge in [-0.25, -0.2) is 4.39 Å². The number of hydrogen-bond donors (Lipinski definition) is 2. The van der Waals surface area contributed by atoms with Crippen LogP contribution in [0.5, 0.6) is 0 Å². The van der Waals surface area contributed by atoms with Crippen molar-refractivity contribution in [2.24, 2.45) is 5.73 Å². The summed E-state index contributed by atoms with van der Waals surface area (Å²) in [6.07, 6.45) is 4.40. The van der Waals surface area contributed by atoms with Crippen molar-refractivity contribution in [1.29, 1.82) is 0 Å². The predicted octanol–water partition coefficient (Wildman–Crippen LogP) is 2.65. The molecular formula is C13H16BrFN2O. The molecule has 1 aromatic rings. The third-order valence-electron chi connectivity index (χ3n) is 3.31. The van der Waals surface area contributed by atoms with E-state index >= 15 is 0 Å². The van der Waals surface area contributed by atoms with Gasteiger partial charge in [0.25, 0.3) is 0 Å². The lowest BCUT2D eigenvalue weighted by atomic mass is 10.0. The Morgan fingerprint density at radius 3 is 2.72 bits per heavy atom. The largest absolute Gasteiger partial charge is 0.368 e. The van der Waals surface area contributed by atoms with Gasteiger partial charge < -0.3 is 5.73 Å². The Bertz CT molecular complexity index is 447. The number of amides is 1. The number of carbonyl (C=O) groups is 1. The normalized spacial score (nSPS) is 17.9. The van der Waals surface area contributed by atoms with Gasteiger partial charge in [-0.05, 0) is 36.6 Å². The average Bonchev–Trinajstić information content (AvgIpc) is 2.82. The number of halogens is 2. The maximum Gasteiger partial charge on any atom is 0.239 e. The van der Waals surface area contributed by atoms with Crippen molar-refractivity contribution >= 4 is 21.8 Å². The standard InChI is InChI=1S/C13H16BrFN2O/c14-11-6-5-8(15)7-10(11)12(13(16)18)17-9-3-1-2-4-9/h5-7,9,12,17H,1-4H2,(H2,16,18). The Hall–Kier alpha value is -0.940. The van der Waals surface area contributed by atoms with Crippen molar-refractivity contribution in [2.75, 3.05) is 0 Å². The van der Waals surface area contributed by atoms with E-state index in [9.17, 15) is 9.18 Å². The van der Waals surface area contributed by atoms with E-state index < -0.39 is 11.9 Å². The number of primary amides is 1. The smallest absolute Gasteiger partial charge is 0.239 e. The first-order valence-electron chi connectivity index (χ1n) is 6.08. The fourth-order valence-corrected chi connectivity index (χ4v) is 2.86. The lowest BCUT2D eigenvalue weighted by Gasteiger charge is -2.21. The minimum absolute atomic E-state index is 0.290. The van der Waals surface area contributed by atoms with E-state index in [1.54, 1.807) is 6.07 Å². The molecule has 0 bridgehead atoms. The Balaban J connectivity index is 2.23. The Morgan fingerprint density at radius 2 is 2.11 bits per heavy atom. The summed E-state index contributed by atoms with van der Waals surface area (Å²) in [7, 11) is 0. The first-order chi connectivity index (χ1) is 8.58. The zero-order valence-electron chi connectivity index (χ0n) is 9.96. The lowest BCUT2D eigenvalue weighted by molar-refractivity contribution is -0.120. The molecule has 0 aromatic heterocycles. The van der Waals surface area contributed by atoms with Crippen molar-refractivity contribution in [3.63, 3.8) is 0 Å². The molecule has 1 unspecified atom stereocenters. The van der Waals surface area contributed by atoms with Crippen LogP contribution in [0.4, 0.5) is 4.39 Å². The molecule has 2 rings (SSSR count).